The Morgan fingerprint density at radius 2 is 2.00 bits per heavy atom. The van der Waals surface area contributed by atoms with E-state index in [0.717, 1.165) is 5.56 Å². The summed E-state index contributed by atoms with van der Waals surface area (Å²) < 4.78 is 5.59. The van der Waals surface area contributed by atoms with Gasteiger partial charge in [0.2, 0.25) is 0 Å². The van der Waals surface area contributed by atoms with Gasteiger partial charge in [-0.15, -0.1) is 0 Å². The zero-order chi connectivity index (χ0) is 13.0. The lowest BCUT2D eigenvalue weighted by molar-refractivity contribution is 0.308. The highest BCUT2D eigenvalue weighted by atomic mass is 35.5. The minimum Gasteiger partial charge on any atom is -0.487 e. The van der Waals surface area contributed by atoms with E-state index < -0.39 is 0 Å². The van der Waals surface area contributed by atoms with Gasteiger partial charge in [-0.05, 0) is 18.2 Å². The fourth-order valence-corrected chi connectivity index (χ4v) is 1.69. The molecule has 0 atom stereocenters. The Morgan fingerprint density at radius 3 is 2.72 bits per heavy atom. The van der Waals surface area contributed by atoms with Crippen LogP contribution >= 0.6 is 11.6 Å². The maximum Gasteiger partial charge on any atom is 0.144 e. The van der Waals surface area contributed by atoms with E-state index >= 15 is 0 Å². The van der Waals surface area contributed by atoms with Gasteiger partial charge in [0.25, 0.3) is 0 Å². The molecule has 4 heteroatoms. The molecule has 0 aliphatic carbocycles. The number of nitrogens with zero attached hydrogens (tertiary/aromatic N) is 1. The Bertz CT molecular complexity index is 605. The average molecular weight is 259 g/mol. The molecule has 0 bridgehead atoms. The second-order valence-corrected chi connectivity index (χ2v) is 4.15. The van der Waals surface area contributed by atoms with E-state index in [-0.39, 0.29) is 0 Å². The molecule has 0 aliphatic rings. The van der Waals surface area contributed by atoms with Crippen LogP contribution in [0.15, 0.2) is 42.5 Å². The number of hydrogen-bond acceptors (Lipinski definition) is 3. The number of ether oxygens (including phenoxy) is 1. The third-order valence-electron chi connectivity index (χ3n) is 2.48. The lowest BCUT2D eigenvalue weighted by Gasteiger charge is -2.10. The van der Waals surface area contributed by atoms with Crippen molar-refractivity contribution in [3.05, 3.63) is 58.6 Å². The molecule has 3 nitrogen and oxygen atoms in total. The molecule has 2 aromatic carbocycles. The lowest BCUT2D eigenvalue weighted by Crippen LogP contribution is -1.99. The van der Waals surface area contributed by atoms with E-state index in [1.165, 1.54) is 0 Å². The summed E-state index contributed by atoms with van der Waals surface area (Å²) in [6, 6.07) is 14.4. The summed E-state index contributed by atoms with van der Waals surface area (Å²) in [5.41, 5.74) is 7.67. The van der Waals surface area contributed by atoms with Crippen LogP contribution < -0.4 is 10.5 Å². The van der Waals surface area contributed by atoms with E-state index in [9.17, 15) is 0 Å². The van der Waals surface area contributed by atoms with Crippen molar-refractivity contribution >= 4 is 17.3 Å². The second kappa shape index (κ2) is 5.44. The predicted molar refractivity (Wildman–Crippen MR) is 71.4 cm³/mol. The number of rotatable bonds is 3. The van der Waals surface area contributed by atoms with Gasteiger partial charge in [0.15, 0.2) is 0 Å². The third kappa shape index (κ3) is 2.73. The van der Waals surface area contributed by atoms with Crippen LogP contribution in [0.2, 0.25) is 5.02 Å². The molecule has 0 unspecified atom stereocenters. The van der Waals surface area contributed by atoms with Gasteiger partial charge in [-0.25, -0.2) is 0 Å². The van der Waals surface area contributed by atoms with Crippen molar-refractivity contribution in [1.29, 1.82) is 5.26 Å². The largest absolute Gasteiger partial charge is 0.487 e. The highest BCUT2D eigenvalue weighted by molar-refractivity contribution is 6.31. The Labute approximate surface area is 110 Å². The van der Waals surface area contributed by atoms with Crippen LogP contribution in [0.5, 0.6) is 5.75 Å². The van der Waals surface area contributed by atoms with Crippen molar-refractivity contribution in [2.24, 2.45) is 0 Å². The maximum atomic E-state index is 8.81. The van der Waals surface area contributed by atoms with Crippen LogP contribution in [-0.4, -0.2) is 0 Å². The van der Waals surface area contributed by atoms with Gasteiger partial charge in [-0.3, -0.25) is 0 Å². The molecule has 0 saturated carbocycles. The van der Waals surface area contributed by atoms with Crippen molar-refractivity contribution in [2.75, 3.05) is 5.73 Å². The molecular weight excluding hydrogens is 248 g/mol. The third-order valence-corrected chi connectivity index (χ3v) is 2.85. The van der Waals surface area contributed by atoms with Crippen molar-refractivity contribution in [3.8, 4) is 11.8 Å². The second-order valence-electron chi connectivity index (χ2n) is 3.74. The summed E-state index contributed by atoms with van der Waals surface area (Å²) >= 11 is 6.03. The van der Waals surface area contributed by atoms with Crippen LogP contribution in [0, 0.1) is 11.3 Å². The first kappa shape index (κ1) is 12.3. The zero-order valence-electron chi connectivity index (χ0n) is 9.56. The number of halogens is 1. The van der Waals surface area contributed by atoms with Crippen LogP contribution in [0.25, 0.3) is 0 Å². The molecule has 0 fully saturated rings. The predicted octanol–water partition coefficient (Wildman–Crippen LogP) is 3.37. The highest BCUT2D eigenvalue weighted by Gasteiger charge is 2.04. The van der Waals surface area contributed by atoms with Gasteiger partial charge in [-0.1, -0.05) is 29.8 Å². The topological polar surface area (TPSA) is 59.0 Å². The van der Waals surface area contributed by atoms with E-state index in [1.54, 1.807) is 24.3 Å². The highest BCUT2D eigenvalue weighted by Crippen LogP contribution is 2.24. The summed E-state index contributed by atoms with van der Waals surface area (Å²) in [5.74, 6) is 0.494. The van der Waals surface area contributed by atoms with Crippen molar-refractivity contribution in [2.45, 2.75) is 6.61 Å². The average Bonchev–Trinajstić information content (AvgIpc) is 2.39. The molecular formula is C14H11ClN2O. The van der Waals surface area contributed by atoms with Crippen LogP contribution in [-0.2, 0) is 6.61 Å². The first-order valence-electron chi connectivity index (χ1n) is 5.36. The first-order chi connectivity index (χ1) is 8.70. The number of nitrogen functional groups attached to an aromatic ring is 1. The molecule has 0 spiro atoms. The SMILES string of the molecule is N#Cc1ccc(N)c(OCc2ccccc2Cl)c1. The molecule has 0 amide bonds. The van der Waals surface area contributed by atoms with Gasteiger partial charge in [-0.2, -0.15) is 5.26 Å². The van der Waals surface area contributed by atoms with Gasteiger partial charge >= 0.3 is 0 Å². The Kier molecular flexibility index (Phi) is 3.71. The molecule has 0 aliphatic heterocycles. The van der Waals surface area contributed by atoms with E-state index in [0.29, 0.717) is 28.6 Å². The number of nitriles is 1. The lowest BCUT2D eigenvalue weighted by atomic mass is 10.2. The molecule has 2 rings (SSSR count). The number of benzene rings is 2. The van der Waals surface area contributed by atoms with Crippen molar-refractivity contribution in [3.63, 3.8) is 0 Å². The van der Waals surface area contributed by atoms with E-state index in [4.69, 9.17) is 27.3 Å². The molecule has 2 N–H and O–H groups in total. The quantitative estimate of drug-likeness (QED) is 0.859. The summed E-state index contributed by atoms with van der Waals surface area (Å²) in [6.45, 7) is 0.318. The molecule has 2 aromatic rings. The first-order valence-corrected chi connectivity index (χ1v) is 5.74. The molecule has 0 heterocycles. The molecule has 0 aromatic heterocycles. The van der Waals surface area contributed by atoms with E-state index in [2.05, 4.69) is 0 Å². The van der Waals surface area contributed by atoms with Gasteiger partial charge in [0.05, 0.1) is 17.3 Å². The van der Waals surface area contributed by atoms with E-state index in [1.807, 2.05) is 24.3 Å². The monoisotopic (exact) mass is 258 g/mol. The minimum atomic E-state index is 0.318. The molecule has 0 radical (unpaired) electrons. The smallest absolute Gasteiger partial charge is 0.144 e. The Balaban J connectivity index is 2.16. The van der Waals surface area contributed by atoms with Crippen LogP contribution in [0.4, 0.5) is 5.69 Å². The van der Waals surface area contributed by atoms with Crippen LogP contribution in [0.3, 0.4) is 0 Å². The summed E-state index contributed by atoms with van der Waals surface area (Å²) in [4.78, 5) is 0. The Hall–Kier alpha value is -2.18. The van der Waals surface area contributed by atoms with Crippen molar-refractivity contribution in [1.82, 2.24) is 0 Å². The number of hydrogen-bond donors (Lipinski definition) is 1. The van der Waals surface area contributed by atoms with Gasteiger partial charge in [0, 0.05) is 16.7 Å². The summed E-state index contributed by atoms with van der Waals surface area (Å²) in [5, 5.41) is 9.46. The van der Waals surface area contributed by atoms with Gasteiger partial charge in [0.1, 0.15) is 12.4 Å². The normalized spacial score (nSPS) is 9.78. The molecule has 90 valence electrons. The Morgan fingerprint density at radius 1 is 1.22 bits per heavy atom. The van der Waals surface area contributed by atoms with Gasteiger partial charge < -0.3 is 10.5 Å². The number of anilines is 1. The summed E-state index contributed by atoms with van der Waals surface area (Å²) in [7, 11) is 0. The summed E-state index contributed by atoms with van der Waals surface area (Å²) in [6.07, 6.45) is 0. The fraction of sp³-hybridized carbons (Fsp3) is 0.0714. The minimum absolute atomic E-state index is 0.318. The zero-order valence-corrected chi connectivity index (χ0v) is 10.3. The molecule has 18 heavy (non-hydrogen) atoms. The van der Waals surface area contributed by atoms with Crippen molar-refractivity contribution < 1.29 is 4.74 Å². The number of nitrogens with two attached hydrogens (primary N) is 1. The van der Waals surface area contributed by atoms with Crippen LogP contribution in [0.1, 0.15) is 11.1 Å². The fourth-order valence-electron chi connectivity index (χ4n) is 1.50. The maximum absolute atomic E-state index is 8.81. The standard InChI is InChI=1S/C14H11ClN2O/c15-12-4-2-1-3-11(12)9-18-14-7-10(8-16)5-6-13(14)17/h1-7H,9,17H2. The molecule has 0 saturated heterocycles.